The Morgan fingerprint density at radius 1 is 0.933 bits per heavy atom. The molecule has 0 atom stereocenters. The van der Waals surface area contributed by atoms with Gasteiger partial charge in [-0.3, -0.25) is 4.79 Å². The molecule has 0 unspecified atom stereocenters. The highest BCUT2D eigenvalue weighted by atomic mass is 16.1. The molecule has 2 saturated carbocycles. The molecule has 0 bridgehead atoms. The zero-order chi connectivity index (χ0) is 10.7. The quantitative estimate of drug-likeness (QED) is 0.763. The second kappa shape index (κ2) is 5.00. The largest absolute Gasteiger partial charge is 0.369 e. The van der Waals surface area contributed by atoms with Crippen molar-refractivity contribution in [3.63, 3.8) is 0 Å². The van der Waals surface area contributed by atoms with Gasteiger partial charge >= 0.3 is 0 Å². The van der Waals surface area contributed by atoms with Crippen LogP contribution in [0.25, 0.3) is 0 Å². The fourth-order valence-corrected chi connectivity index (χ4v) is 3.40. The third-order valence-electron chi connectivity index (χ3n) is 4.39. The lowest BCUT2D eigenvalue weighted by Gasteiger charge is -2.28. The number of carbonyl (C=O) groups is 1. The van der Waals surface area contributed by atoms with Crippen molar-refractivity contribution in [1.29, 1.82) is 0 Å². The summed E-state index contributed by atoms with van der Waals surface area (Å²) in [7, 11) is 0. The van der Waals surface area contributed by atoms with E-state index in [9.17, 15) is 4.79 Å². The highest BCUT2D eigenvalue weighted by molar-refractivity contribution is 5.76. The van der Waals surface area contributed by atoms with E-state index in [0.717, 1.165) is 24.7 Å². The molecule has 0 aromatic rings. The number of carbonyl (C=O) groups excluding carboxylic acids is 1. The van der Waals surface area contributed by atoms with Gasteiger partial charge in [0.2, 0.25) is 5.91 Å². The van der Waals surface area contributed by atoms with E-state index in [1.54, 1.807) is 0 Å². The van der Waals surface area contributed by atoms with Gasteiger partial charge in [-0.25, -0.2) is 0 Å². The molecular formula is C13H23NO. The molecule has 0 saturated heterocycles. The monoisotopic (exact) mass is 209 g/mol. The summed E-state index contributed by atoms with van der Waals surface area (Å²) in [5, 5.41) is 0. The first kappa shape index (κ1) is 11.0. The highest BCUT2D eigenvalue weighted by Crippen LogP contribution is 2.37. The second-order valence-corrected chi connectivity index (χ2v) is 5.51. The summed E-state index contributed by atoms with van der Waals surface area (Å²) in [4.78, 5) is 11.0. The Balaban J connectivity index is 1.71. The summed E-state index contributed by atoms with van der Waals surface area (Å²) in [6, 6.07) is 0. The predicted molar refractivity (Wildman–Crippen MR) is 61.2 cm³/mol. The van der Waals surface area contributed by atoms with Gasteiger partial charge in [-0.2, -0.15) is 0 Å². The molecule has 0 aromatic carbocycles. The minimum Gasteiger partial charge on any atom is -0.369 e. The van der Waals surface area contributed by atoms with E-state index in [1.165, 1.54) is 44.9 Å². The Labute approximate surface area is 92.6 Å². The molecule has 2 aliphatic carbocycles. The van der Waals surface area contributed by atoms with Gasteiger partial charge in [0.05, 0.1) is 0 Å². The van der Waals surface area contributed by atoms with Gasteiger partial charge in [-0.1, -0.05) is 25.7 Å². The molecule has 2 nitrogen and oxygen atoms in total. The summed E-state index contributed by atoms with van der Waals surface area (Å²) in [6.45, 7) is 0. The molecule has 1 amide bonds. The SMILES string of the molecule is NC(=O)C1CCC(CC2CCCC2)CC1. The molecule has 15 heavy (non-hydrogen) atoms. The number of primary amides is 1. The van der Waals surface area contributed by atoms with Crippen LogP contribution in [0.1, 0.15) is 57.8 Å². The van der Waals surface area contributed by atoms with Crippen LogP contribution in [-0.4, -0.2) is 5.91 Å². The Kier molecular flexibility index (Phi) is 3.66. The molecule has 0 aromatic heterocycles. The third kappa shape index (κ3) is 2.96. The first-order chi connectivity index (χ1) is 7.25. The molecule has 0 heterocycles. The lowest BCUT2D eigenvalue weighted by molar-refractivity contribution is -0.123. The van der Waals surface area contributed by atoms with E-state index < -0.39 is 0 Å². The molecule has 86 valence electrons. The molecular weight excluding hydrogens is 186 g/mol. The maximum atomic E-state index is 11.0. The van der Waals surface area contributed by atoms with Crippen LogP contribution < -0.4 is 5.73 Å². The van der Waals surface area contributed by atoms with E-state index in [-0.39, 0.29) is 11.8 Å². The van der Waals surface area contributed by atoms with E-state index in [2.05, 4.69) is 0 Å². The van der Waals surface area contributed by atoms with Crippen molar-refractivity contribution in [2.24, 2.45) is 23.5 Å². The molecule has 2 N–H and O–H groups in total. The van der Waals surface area contributed by atoms with Crippen molar-refractivity contribution in [3.8, 4) is 0 Å². The van der Waals surface area contributed by atoms with Gasteiger partial charge in [-0.05, 0) is 43.9 Å². The maximum Gasteiger partial charge on any atom is 0.220 e. The molecule has 0 aliphatic heterocycles. The van der Waals surface area contributed by atoms with Gasteiger partial charge in [-0.15, -0.1) is 0 Å². The van der Waals surface area contributed by atoms with E-state index in [4.69, 9.17) is 5.73 Å². The number of rotatable bonds is 3. The Morgan fingerprint density at radius 2 is 1.47 bits per heavy atom. The molecule has 2 heteroatoms. The van der Waals surface area contributed by atoms with Crippen molar-refractivity contribution in [2.45, 2.75) is 57.8 Å². The zero-order valence-corrected chi connectivity index (χ0v) is 9.58. The number of hydrogen-bond donors (Lipinski definition) is 1. The first-order valence-electron chi connectivity index (χ1n) is 6.55. The number of amides is 1. The Bertz CT molecular complexity index is 213. The predicted octanol–water partition coefficient (Wildman–Crippen LogP) is 2.86. The minimum absolute atomic E-state index is 0.0747. The van der Waals surface area contributed by atoms with Crippen molar-refractivity contribution >= 4 is 5.91 Å². The molecule has 2 fully saturated rings. The summed E-state index contributed by atoms with van der Waals surface area (Å²) < 4.78 is 0. The van der Waals surface area contributed by atoms with Crippen LogP contribution in [0.2, 0.25) is 0 Å². The molecule has 0 spiro atoms. The summed E-state index contributed by atoms with van der Waals surface area (Å²) in [5.41, 5.74) is 5.34. The fourth-order valence-electron chi connectivity index (χ4n) is 3.40. The van der Waals surface area contributed by atoms with Crippen LogP contribution in [-0.2, 0) is 4.79 Å². The van der Waals surface area contributed by atoms with Crippen molar-refractivity contribution in [3.05, 3.63) is 0 Å². The van der Waals surface area contributed by atoms with E-state index >= 15 is 0 Å². The van der Waals surface area contributed by atoms with Crippen LogP contribution in [0.5, 0.6) is 0 Å². The summed E-state index contributed by atoms with van der Waals surface area (Å²) >= 11 is 0. The average Bonchev–Trinajstić information content (AvgIpc) is 2.71. The van der Waals surface area contributed by atoms with Crippen LogP contribution in [0.15, 0.2) is 0 Å². The summed E-state index contributed by atoms with van der Waals surface area (Å²) in [5.74, 6) is 2.00. The summed E-state index contributed by atoms with van der Waals surface area (Å²) in [6.07, 6.45) is 11.8. The van der Waals surface area contributed by atoms with Crippen LogP contribution in [0, 0.1) is 17.8 Å². The smallest absolute Gasteiger partial charge is 0.220 e. The normalized spacial score (nSPS) is 33.1. The van der Waals surface area contributed by atoms with Gasteiger partial charge in [0.1, 0.15) is 0 Å². The van der Waals surface area contributed by atoms with Crippen LogP contribution >= 0.6 is 0 Å². The Hall–Kier alpha value is -0.530. The Morgan fingerprint density at radius 3 is 2.00 bits per heavy atom. The van der Waals surface area contributed by atoms with Gasteiger partial charge in [0.15, 0.2) is 0 Å². The second-order valence-electron chi connectivity index (χ2n) is 5.51. The first-order valence-corrected chi connectivity index (χ1v) is 6.55. The number of nitrogens with two attached hydrogens (primary N) is 1. The topological polar surface area (TPSA) is 43.1 Å². The van der Waals surface area contributed by atoms with Crippen molar-refractivity contribution in [1.82, 2.24) is 0 Å². The zero-order valence-electron chi connectivity index (χ0n) is 9.58. The van der Waals surface area contributed by atoms with Crippen LogP contribution in [0.3, 0.4) is 0 Å². The molecule has 2 aliphatic rings. The lowest BCUT2D eigenvalue weighted by Crippen LogP contribution is -2.28. The van der Waals surface area contributed by atoms with E-state index in [1.807, 2.05) is 0 Å². The average molecular weight is 209 g/mol. The molecule has 0 radical (unpaired) electrons. The van der Waals surface area contributed by atoms with E-state index in [0.29, 0.717) is 0 Å². The maximum absolute atomic E-state index is 11.0. The fraction of sp³-hybridized carbons (Fsp3) is 0.923. The van der Waals surface area contributed by atoms with Crippen molar-refractivity contribution in [2.75, 3.05) is 0 Å². The van der Waals surface area contributed by atoms with Gasteiger partial charge in [0.25, 0.3) is 0 Å². The third-order valence-corrected chi connectivity index (χ3v) is 4.39. The molecule has 2 rings (SSSR count). The van der Waals surface area contributed by atoms with Gasteiger partial charge < -0.3 is 5.73 Å². The lowest BCUT2D eigenvalue weighted by atomic mass is 9.77. The number of hydrogen-bond acceptors (Lipinski definition) is 1. The van der Waals surface area contributed by atoms with Gasteiger partial charge in [0, 0.05) is 5.92 Å². The van der Waals surface area contributed by atoms with Crippen LogP contribution in [0.4, 0.5) is 0 Å². The standard InChI is InChI=1S/C13H23NO/c14-13(15)12-7-5-11(6-8-12)9-10-3-1-2-4-10/h10-12H,1-9H2,(H2,14,15). The van der Waals surface area contributed by atoms with Crippen molar-refractivity contribution < 1.29 is 4.79 Å². The minimum atomic E-state index is -0.0747. The highest BCUT2D eigenvalue weighted by Gasteiger charge is 2.27.